The maximum absolute atomic E-state index is 12.9. The molecule has 0 radical (unpaired) electrons. The Hall–Kier alpha value is -1.33. The van der Waals surface area contributed by atoms with E-state index in [1.54, 1.807) is 0 Å². The first kappa shape index (κ1) is 17.5. The van der Waals surface area contributed by atoms with Crippen LogP contribution in [0.15, 0.2) is 16.5 Å². The number of aryl methyl sites for hydroxylation is 1. The van der Waals surface area contributed by atoms with Gasteiger partial charge in [0.1, 0.15) is 11.5 Å². The Morgan fingerprint density at radius 3 is 2.79 bits per heavy atom. The zero-order chi connectivity index (χ0) is 17.1. The fourth-order valence-electron chi connectivity index (χ4n) is 3.73. The molecule has 1 aromatic rings. The van der Waals surface area contributed by atoms with Crippen LogP contribution in [0.25, 0.3) is 0 Å². The van der Waals surface area contributed by atoms with Crippen molar-refractivity contribution in [1.82, 2.24) is 9.80 Å². The molecule has 0 aromatic carbocycles. The molecule has 134 valence electrons. The Labute approximate surface area is 144 Å². The molecule has 1 N–H and O–H groups in total. The van der Waals surface area contributed by atoms with Gasteiger partial charge in [-0.3, -0.25) is 9.69 Å². The molecule has 2 aliphatic rings. The fourth-order valence-corrected chi connectivity index (χ4v) is 3.73. The van der Waals surface area contributed by atoms with E-state index < -0.39 is 0 Å². The molecule has 1 aliphatic heterocycles. The lowest BCUT2D eigenvalue weighted by Gasteiger charge is -2.38. The number of carbonyl (C=O) groups excluding carboxylic acids is 1. The largest absolute Gasteiger partial charge is 0.464 e. The molecule has 0 spiro atoms. The number of rotatable bonds is 7. The van der Waals surface area contributed by atoms with E-state index in [-0.39, 0.29) is 18.1 Å². The quantitative estimate of drug-likeness (QED) is 0.833. The van der Waals surface area contributed by atoms with Gasteiger partial charge in [0.25, 0.3) is 0 Å². The number of hydrogen-bond donors (Lipinski definition) is 1. The van der Waals surface area contributed by atoms with Crippen LogP contribution in [-0.2, 0) is 11.3 Å². The zero-order valence-electron chi connectivity index (χ0n) is 14.9. The van der Waals surface area contributed by atoms with E-state index in [1.807, 2.05) is 30.9 Å². The van der Waals surface area contributed by atoms with Crippen molar-refractivity contribution in [3.05, 3.63) is 23.7 Å². The van der Waals surface area contributed by atoms with Crippen molar-refractivity contribution in [3.8, 4) is 0 Å². The molecule has 2 atom stereocenters. The summed E-state index contributed by atoms with van der Waals surface area (Å²) in [7, 11) is 0. The lowest BCUT2D eigenvalue weighted by molar-refractivity contribution is -0.135. The molecular weight excluding hydrogens is 304 g/mol. The molecule has 1 aromatic heterocycles. The Balaban J connectivity index is 1.64. The molecule has 5 nitrogen and oxygen atoms in total. The van der Waals surface area contributed by atoms with Crippen molar-refractivity contribution in [2.24, 2.45) is 0 Å². The van der Waals surface area contributed by atoms with Crippen LogP contribution in [0.1, 0.15) is 57.0 Å². The topological polar surface area (TPSA) is 56.9 Å². The number of aliphatic hydroxyl groups excluding tert-OH is 1. The number of furan rings is 1. The second-order valence-corrected chi connectivity index (χ2v) is 7.27. The first-order valence-corrected chi connectivity index (χ1v) is 9.35. The first-order valence-electron chi connectivity index (χ1n) is 9.35. The maximum atomic E-state index is 12.9. The monoisotopic (exact) mass is 334 g/mol. The third kappa shape index (κ3) is 4.19. The summed E-state index contributed by atoms with van der Waals surface area (Å²) in [5.41, 5.74) is 0. The van der Waals surface area contributed by atoms with Gasteiger partial charge in [0, 0.05) is 12.1 Å². The van der Waals surface area contributed by atoms with E-state index in [1.165, 1.54) is 0 Å². The minimum absolute atomic E-state index is 0.125. The second-order valence-electron chi connectivity index (χ2n) is 7.27. The van der Waals surface area contributed by atoms with E-state index in [9.17, 15) is 9.90 Å². The summed E-state index contributed by atoms with van der Waals surface area (Å²) >= 11 is 0. The number of carbonyl (C=O) groups is 1. The smallest absolute Gasteiger partial charge is 0.237 e. The van der Waals surface area contributed by atoms with Gasteiger partial charge < -0.3 is 14.4 Å². The van der Waals surface area contributed by atoms with Gasteiger partial charge in [0.15, 0.2) is 0 Å². The third-order valence-corrected chi connectivity index (χ3v) is 5.30. The first-order chi connectivity index (χ1) is 11.6. The Morgan fingerprint density at radius 2 is 2.17 bits per heavy atom. The molecule has 1 aliphatic carbocycles. The average Bonchev–Trinajstić information content (AvgIpc) is 3.34. The van der Waals surface area contributed by atoms with Crippen molar-refractivity contribution in [3.63, 3.8) is 0 Å². The van der Waals surface area contributed by atoms with Gasteiger partial charge in [0.05, 0.1) is 19.2 Å². The van der Waals surface area contributed by atoms with Gasteiger partial charge in [-0.05, 0) is 57.7 Å². The van der Waals surface area contributed by atoms with Gasteiger partial charge in [-0.1, -0.05) is 13.3 Å². The van der Waals surface area contributed by atoms with E-state index >= 15 is 0 Å². The van der Waals surface area contributed by atoms with E-state index in [0.717, 1.165) is 56.6 Å². The highest BCUT2D eigenvalue weighted by Gasteiger charge is 2.36. The average molecular weight is 334 g/mol. The Morgan fingerprint density at radius 1 is 1.38 bits per heavy atom. The predicted octanol–water partition coefficient (Wildman–Crippen LogP) is 2.70. The van der Waals surface area contributed by atoms with Crippen LogP contribution in [-0.4, -0.2) is 52.1 Å². The molecule has 1 saturated carbocycles. The van der Waals surface area contributed by atoms with Crippen molar-refractivity contribution in [1.29, 1.82) is 0 Å². The molecule has 5 heteroatoms. The van der Waals surface area contributed by atoms with Crippen LogP contribution in [0.4, 0.5) is 0 Å². The maximum Gasteiger partial charge on any atom is 0.237 e. The summed E-state index contributed by atoms with van der Waals surface area (Å²) in [4.78, 5) is 17.1. The molecule has 0 bridgehead atoms. The van der Waals surface area contributed by atoms with Crippen LogP contribution in [0, 0.1) is 6.92 Å². The van der Waals surface area contributed by atoms with Crippen LogP contribution < -0.4 is 0 Å². The van der Waals surface area contributed by atoms with E-state index in [4.69, 9.17) is 4.42 Å². The van der Waals surface area contributed by atoms with Gasteiger partial charge in [-0.25, -0.2) is 0 Å². The van der Waals surface area contributed by atoms with Crippen molar-refractivity contribution in [2.45, 2.75) is 77.1 Å². The fraction of sp³-hybridized carbons (Fsp3) is 0.737. The molecule has 1 saturated heterocycles. The van der Waals surface area contributed by atoms with Crippen LogP contribution in [0.5, 0.6) is 0 Å². The van der Waals surface area contributed by atoms with Gasteiger partial charge in [-0.15, -0.1) is 0 Å². The van der Waals surface area contributed by atoms with Crippen molar-refractivity contribution >= 4 is 5.91 Å². The predicted molar refractivity (Wildman–Crippen MR) is 92.5 cm³/mol. The number of likely N-dealkylation sites (tertiary alicyclic amines) is 1. The number of amides is 1. The molecule has 3 rings (SSSR count). The molecule has 2 fully saturated rings. The molecule has 2 unspecified atom stereocenters. The number of piperidine rings is 1. The lowest BCUT2D eigenvalue weighted by atomic mass is 9.96. The minimum Gasteiger partial charge on any atom is -0.464 e. The number of nitrogens with zero attached hydrogens (tertiary/aromatic N) is 2. The van der Waals surface area contributed by atoms with E-state index in [0.29, 0.717) is 19.1 Å². The SMILES string of the molecule is CCC(O)C1CCCCN1CC(=O)N(Cc1ccc(C)o1)C1CC1. The lowest BCUT2D eigenvalue weighted by Crippen LogP contribution is -2.51. The highest BCUT2D eigenvalue weighted by atomic mass is 16.3. The summed E-state index contributed by atoms with van der Waals surface area (Å²) in [6.07, 6.45) is 5.83. The summed E-state index contributed by atoms with van der Waals surface area (Å²) in [5.74, 6) is 1.91. The minimum atomic E-state index is -0.333. The molecular formula is C19H30N2O3. The third-order valence-electron chi connectivity index (χ3n) is 5.30. The van der Waals surface area contributed by atoms with Crippen molar-refractivity contribution < 1.29 is 14.3 Å². The Bertz CT molecular complexity index is 553. The van der Waals surface area contributed by atoms with Gasteiger partial charge >= 0.3 is 0 Å². The standard InChI is InChI=1S/C19H30N2O3/c1-3-18(22)17-6-4-5-11-20(17)13-19(23)21(15-8-9-15)12-16-10-7-14(2)24-16/h7,10,15,17-18,22H,3-6,8-9,11-13H2,1-2H3. The molecule has 24 heavy (non-hydrogen) atoms. The van der Waals surface area contributed by atoms with Crippen LogP contribution in [0.3, 0.4) is 0 Å². The van der Waals surface area contributed by atoms with Crippen molar-refractivity contribution in [2.75, 3.05) is 13.1 Å². The second kappa shape index (κ2) is 7.70. The summed E-state index contributed by atoms with van der Waals surface area (Å²) < 4.78 is 5.66. The highest BCUT2D eigenvalue weighted by Crippen LogP contribution is 2.30. The number of aliphatic hydroxyl groups is 1. The summed E-state index contributed by atoms with van der Waals surface area (Å²) in [6, 6.07) is 4.40. The van der Waals surface area contributed by atoms with E-state index in [2.05, 4.69) is 4.90 Å². The summed E-state index contributed by atoms with van der Waals surface area (Å²) in [6.45, 7) is 5.82. The zero-order valence-corrected chi connectivity index (χ0v) is 14.9. The number of hydrogen-bond acceptors (Lipinski definition) is 4. The van der Waals surface area contributed by atoms with Gasteiger partial charge in [0.2, 0.25) is 5.91 Å². The Kier molecular flexibility index (Phi) is 5.61. The van der Waals surface area contributed by atoms with Gasteiger partial charge in [-0.2, -0.15) is 0 Å². The molecule has 1 amide bonds. The van der Waals surface area contributed by atoms with Crippen LogP contribution in [0.2, 0.25) is 0 Å². The van der Waals surface area contributed by atoms with Crippen LogP contribution >= 0.6 is 0 Å². The highest BCUT2D eigenvalue weighted by molar-refractivity contribution is 5.79. The summed E-state index contributed by atoms with van der Waals surface area (Å²) in [5, 5.41) is 10.3. The molecule has 2 heterocycles. The normalized spacial score (nSPS) is 23.2.